The van der Waals surface area contributed by atoms with Crippen molar-refractivity contribution in [2.75, 3.05) is 37.9 Å². The molecular weight excluding hydrogens is 469 g/mol. The summed E-state index contributed by atoms with van der Waals surface area (Å²) in [6.45, 7) is 1.88. The first-order valence-electron chi connectivity index (χ1n) is 11.2. The predicted molar refractivity (Wildman–Crippen MR) is 127 cm³/mol. The Morgan fingerprint density at radius 1 is 0.972 bits per heavy atom. The first-order valence-corrected chi connectivity index (χ1v) is 11.2. The summed E-state index contributed by atoms with van der Waals surface area (Å²) in [6, 6.07) is 11.3. The summed E-state index contributed by atoms with van der Waals surface area (Å²) in [6.07, 6.45) is 4.36. The maximum absolute atomic E-state index is 14.0. The summed E-state index contributed by atoms with van der Waals surface area (Å²) in [7, 11) is 0. The summed E-state index contributed by atoms with van der Waals surface area (Å²) in [5.41, 5.74) is 3.22. The molecule has 0 atom stereocenters. The van der Waals surface area contributed by atoms with Crippen LogP contribution in [-0.2, 0) is 4.79 Å². The van der Waals surface area contributed by atoms with Gasteiger partial charge in [0.05, 0.1) is 5.56 Å². The highest BCUT2D eigenvalue weighted by molar-refractivity contribution is 6.24. The van der Waals surface area contributed by atoms with Crippen molar-refractivity contribution in [3.05, 3.63) is 77.4 Å². The van der Waals surface area contributed by atoms with Gasteiger partial charge in [-0.05, 0) is 41.5 Å². The molecule has 1 aromatic heterocycles. The van der Waals surface area contributed by atoms with E-state index in [1.807, 2.05) is 11.0 Å². The molecule has 11 heteroatoms. The zero-order valence-corrected chi connectivity index (χ0v) is 19.1. The van der Waals surface area contributed by atoms with Crippen LogP contribution < -0.4 is 19.9 Å². The molecule has 2 aliphatic rings. The average molecular weight is 491 g/mol. The number of hydroxylamine groups is 1. The maximum atomic E-state index is 14.0. The Hall–Kier alpha value is -4.51. The Kier molecular flexibility index (Phi) is 6.46. The van der Waals surface area contributed by atoms with Crippen LogP contribution in [0.2, 0.25) is 0 Å². The number of piperazine rings is 1. The second kappa shape index (κ2) is 10.0. The zero-order valence-electron chi connectivity index (χ0n) is 19.1. The van der Waals surface area contributed by atoms with Crippen LogP contribution in [0.25, 0.3) is 11.6 Å². The fraction of sp³-hybridized carbons (Fsp3) is 0.200. The molecule has 1 fully saturated rings. The van der Waals surface area contributed by atoms with Gasteiger partial charge in [0.15, 0.2) is 11.5 Å². The van der Waals surface area contributed by atoms with E-state index in [-0.39, 0.29) is 18.3 Å². The topological polar surface area (TPSA) is 117 Å². The number of aromatic nitrogens is 2. The molecular formula is C25H22FN5O5. The number of hydrogen-bond acceptors (Lipinski definition) is 8. The lowest BCUT2D eigenvalue weighted by atomic mass is 10.0. The van der Waals surface area contributed by atoms with Gasteiger partial charge in [-0.2, -0.15) is 0 Å². The number of halogens is 1. The third-order valence-corrected chi connectivity index (χ3v) is 5.93. The summed E-state index contributed by atoms with van der Waals surface area (Å²) in [5.74, 6) is 0.278. The molecule has 2 amide bonds. The molecule has 3 aromatic rings. The van der Waals surface area contributed by atoms with Gasteiger partial charge in [0.1, 0.15) is 5.82 Å². The number of fused-ring (bicyclic) bond motifs is 1. The normalized spacial score (nSPS) is 15.1. The zero-order chi connectivity index (χ0) is 25.1. The van der Waals surface area contributed by atoms with Gasteiger partial charge in [-0.3, -0.25) is 14.8 Å². The van der Waals surface area contributed by atoms with Crippen LogP contribution >= 0.6 is 0 Å². The Morgan fingerprint density at radius 2 is 1.72 bits per heavy atom. The first kappa shape index (κ1) is 23.2. The van der Waals surface area contributed by atoms with Crippen LogP contribution in [-0.4, -0.2) is 64.9 Å². The van der Waals surface area contributed by atoms with Crippen molar-refractivity contribution in [1.29, 1.82) is 0 Å². The summed E-state index contributed by atoms with van der Waals surface area (Å²) < 4.78 is 24.8. The third kappa shape index (κ3) is 4.82. The lowest BCUT2D eigenvalue weighted by Gasteiger charge is -2.35. The number of rotatable bonds is 5. The summed E-state index contributed by atoms with van der Waals surface area (Å²) in [5, 5.41) is 8.72. The standard InChI is InChI=1S/C25H22FN5O5/c26-19-3-1-2-17(12-19)20(10-16-4-5-21-22(11-16)36-15-35-21)24(33)30-6-8-31(9-7-30)25-27-13-18(14-28-25)23(32)29-34/h1-5,10-14,34H,6-9,15H2,(H,29,32). The molecule has 5 rings (SSSR count). The van der Waals surface area contributed by atoms with Gasteiger partial charge in [-0.15, -0.1) is 0 Å². The molecule has 36 heavy (non-hydrogen) atoms. The van der Waals surface area contributed by atoms with E-state index in [4.69, 9.17) is 14.7 Å². The minimum atomic E-state index is -0.698. The molecule has 0 bridgehead atoms. The van der Waals surface area contributed by atoms with Gasteiger partial charge in [0, 0.05) is 44.1 Å². The number of benzene rings is 2. The largest absolute Gasteiger partial charge is 0.454 e. The highest BCUT2D eigenvalue weighted by atomic mass is 19.1. The predicted octanol–water partition coefficient (Wildman–Crippen LogP) is 2.35. The summed E-state index contributed by atoms with van der Waals surface area (Å²) >= 11 is 0. The first-order chi connectivity index (χ1) is 17.5. The molecule has 2 aromatic carbocycles. The van der Waals surface area contributed by atoms with Gasteiger partial charge < -0.3 is 19.3 Å². The van der Waals surface area contributed by atoms with Crippen LogP contribution in [0.15, 0.2) is 54.9 Å². The van der Waals surface area contributed by atoms with E-state index in [1.165, 1.54) is 30.0 Å². The molecule has 0 unspecified atom stereocenters. The summed E-state index contributed by atoms with van der Waals surface area (Å²) in [4.78, 5) is 37.0. The highest BCUT2D eigenvalue weighted by Crippen LogP contribution is 2.34. The number of nitrogens with zero attached hydrogens (tertiary/aromatic N) is 4. The molecule has 3 heterocycles. The molecule has 1 saturated heterocycles. The maximum Gasteiger partial charge on any atom is 0.277 e. The van der Waals surface area contributed by atoms with E-state index in [1.54, 1.807) is 35.2 Å². The van der Waals surface area contributed by atoms with Crippen LogP contribution in [0, 0.1) is 5.82 Å². The Bertz CT molecular complexity index is 1320. The number of anilines is 1. The number of hydrogen-bond donors (Lipinski definition) is 2. The van der Waals surface area contributed by atoms with E-state index in [2.05, 4.69) is 9.97 Å². The number of carbonyl (C=O) groups is 2. The van der Waals surface area contributed by atoms with Crippen LogP contribution in [0.4, 0.5) is 10.3 Å². The van der Waals surface area contributed by atoms with Gasteiger partial charge >= 0.3 is 0 Å². The van der Waals surface area contributed by atoms with Crippen molar-refractivity contribution in [2.45, 2.75) is 0 Å². The van der Waals surface area contributed by atoms with Gasteiger partial charge in [-0.25, -0.2) is 19.8 Å². The van der Waals surface area contributed by atoms with E-state index < -0.39 is 11.7 Å². The smallest absolute Gasteiger partial charge is 0.277 e. The Morgan fingerprint density at radius 3 is 2.44 bits per heavy atom. The number of carbonyl (C=O) groups excluding carboxylic acids is 2. The monoisotopic (exact) mass is 491 g/mol. The lowest BCUT2D eigenvalue weighted by Crippen LogP contribution is -2.49. The molecule has 0 radical (unpaired) electrons. The molecule has 0 aliphatic carbocycles. The molecule has 0 saturated carbocycles. The van der Waals surface area contributed by atoms with Crippen LogP contribution in [0.3, 0.4) is 0 Å². The Balaban J connectivity index is 1.35. The van der Waals surface area contributed by atoms with Gasteiger partial charge in [0.2, 0.25) is 12.7 Å². The SMILES string of the molecule is O=C(NO)c1cnc(N2CCN(C(=O)C(=Cc3ccc4c(c3)OCO4)c3cccc(F)c3)CC2)nc1. The van der Waals surface area contributed by atoms with Crippen molar-refractivity contribution in [2.24, 2.45) is 0 Å². The van der Waals surface area contributed by atoms with Crippen molar-refractivity contribution in [3.63, 3.8) is 0 Å². The molecule has 10 nitrogen and oxygen atoms in total. The molecule has 2 N–H and O–H groups in total. The minimum Gasteiger partial charge on any atom is -0.454 e. The van der Waals surface area contributed by atoms with E-state index in [0.29, 0.717) is 54.8 Å². The van der Waals surface area contributed by atoms with E-state index in [9.17, 15) is 14.0 Å². The third-order valence-electron chi connectivity index (χ3n) is 5.93. The second-order valence-electron chi connectivity index (χ2n) is 8.17. The number of nitrogens with one attached hydrogen (secondary N) is 1. The second-order valence-corrected chi connectivity index (χ2v) is 8.17. The molecule has 0 spiro atoms. The fourth-order valence-electron chi connectivity index (χ4n) is 4.04. The lowest BCUT2D eigenvalue weighted by molar-refractivity contribution is -0.125. The fourth-order valence-corrected chi connectivity index (χ4v) is 4.04. The van der Waals surface area contributed by atoms with Crippen LogP contribution in [0.5, 0.6) is 11.5 Å². The Labute approximate surface area is 205 Å². The molecule has 2 aliphatic heterocycles. The number of amides is 2. The van der Waals surface area contributed by atoms with Crippen LogP contribution in [0.1, 0.15) is 21.5 Å². The highest BCUT2D eigenvalue weighted by Gasteiger charge is 2.26. The van der Waals surface area contributed by atoms with Crippen molar-refractivity contribution in [1.82, 2.24) is 20.3 Å². The molecule has 184 valence electrons. The van der Waals surface area contributed by atoms with Gasteiger partial charge in [-0.1, -0.05) is 18.2 Å². The van der Waals surface area contributed by atoms with Crippen molar-refractivity contribution < 1.29 is 28.7 Å². The minimum absolute atomic E-state index is 0.128. The number of ether oxygens (including phenoxy) is 2. The quantitative estimate of drug-likeness (QED) is 0.242. The average Bonchev–Trinajstić information content (AvgIpc) is 3.39. The van der Waals surface area contributed by atoms with Crippen molar-refractivity contribution in [3.8, 4) is 11.5 Å². The van der Waals surface area contributed by atoms with E-state index in [0.717, 1.165) is 5.56 Å². The van der Waals surface area contributed by atoms with E-state index >= 15 is 0 Å². The van der Waals surface area contributed by atoms with Gasteiger partial charge in [0.25, 0.3) is 11.8 Å². The van der Waals surface area contributed by atoms with Crippen molar-refractivity contribution >= 4 is 29.4 Å².